The van der Waals surface area contributed by atoms with Gasteiger partial charge in [0.1, 0.15) is 22.1 Å². The summed E-state index contributed by atoms with van der Waals surface area (Å²) in [5, 5.41) is 2.69. The molecule has 1 atom stereocenters. The highest BCUT2D eigenvalue weighted by molar-refractivity contribution is 7.92. The molecule has 8 nitrogen and oxygen atoms in total. The number of ether oxygens (including phenoxy) is 3. The molecule has 0 aliphatic heterocycles. The van der Waals surface area contributed by atoms with Gasteiger partial charge in [-0.25, -0.2) is 8.42 Å². The lowest BCUT2D eigenvalue weighted by atomic mass is 10.2. The highest BCUT2D eigenvalue weighted by Gasteiger charge is 2.22. The SMILES string of the molecule is COc1ccc(NS(=O)(=O)c2cc(NC(=O)C(C)Oc3cccc(C)c3)ccc2OC)cc1. The van der Waals surface area contributed by atoms with Crippen LogP contribution in [0.4, 0.5) is 11.4 Å². The van der Waals surface area contributed by atoms with Crippen LogP contribution in [0.1, 0.15) is 12.5 Å². The van der Waals surface area contributed by atoms with Crippen molar-refractivity contribution in [3.8, 4) is 17.2 Å². The molecule has 0 aliphatic carbocycles. The zero-order valence-corrected chi connectivity index (χ0v) is 19.6. The molecule has 0 saturated carbocycles. The Hall–Kier alpha value is -3.72. The van der Waals surface area contributed by atoms with Crippen LogP contribution in [0.5, 0.6) is 17.2 Å². The van der Waals surface area contributed by atoms with Crippen LogP contribution in [-0.2, 0) is 14.8 Å². The molecule has 174 valence electrons. The minimum Gasteiger partial charge on any atom is -0.497 e. The van der Waals surface area contributed by atoms with E-state index in [-0.39, 0.29) is 16.3 Å². The third-order valence-corrected chi connectivity index (χ3v) is 6.14. The van der Waals surface area contributed by atoms with Gasteiger partial charge in [-0.15, -0.1) is 0 Å². The summed E-state index contributed by atoms with van der Waals surface area (Å²) in [4.78, 5) is 12.5. The van der Waals surface area contributed by atoms with E-state index in [0.717, 1.165) is 5.56 Å². The summed E-state index contributed by atoms with van der Waals surface area (Å²) in [6, 6.07) is 18.2. The van der Waals surface area contributed by atoms with Gasteiger partial charge in [0.05, 0.1) is 14.2 Å². The Kier molecular flexibility index (Phi) is 7.44. The van der Waals surface area contributed by atoms with Crippen LogP contribution >= 0.6 is 0 Å². The van der Waals surface area contributed by atoms with E-state index in [1.54, 1.807) is 43.3 Å². The first-order valence-corrected chi connectivity index (χ1v) is 11.6. The van der Waals surface area contributed by atoms with Crippen molar-refractivity contribution in [2.24, 2.45) is 0 Å². The topological polar surface area (TPSA) is 103 Å². The van der Waals surface area contributed by atoms with Gasteiger partial charge >= 0.3 is 0 Å². The number of carbonyl (C=O) groups excluding carboxylic acids is 1. The quantitative estimate of drug-likeness (QED) is 0.485. The minimum atomic E-state index is -4.01. The number of hydrogen-bond donors (Lipinski definition) is 2. The Morgan fingerprint density at radius 1 is 0.879 bits per heavy atom. The van der Waals surface area contributed by atoms with E-state index < -0.39 is 22.0 Å². The summed E-state index contributed by atoms with van der Waals surface area (Å²) in [7, 11) is -1.11. The van der Waals surface area contributed by atoms with E-state index in [9.17, 15) is 13.2 Å². The molecule has 3 aromatic rings. The predicted molar refractivity (Wildman–Crippen MR) is 127 cm³/mol. The monoisotopic (exact) mass is 470 g/mol. The number of methoxy groups -OCH3 is 2. The smallest absolute Gasteiger partial charge is 0.265 e. The predicted octanol–water partition coefficient (Wildman–Crippen LogP) is 4.22. The van der Waals surface area contributed by atoms with Crippen LogP contribution in [0.3, 0.4) is 0 Å². The van der Waals surface area contributed by atoms with E-state index in [4.69, 9.17) is 14.2 Å². The van der Waals surface area contributed by atoms with Gasteiger partial charge in [0.15, 0.2) is 6.10 Å². The fourth-order valence-electron chi connectivity index (χ4n) is 3.02. The summed E-state index contributed by atoms with van der Waals surface area (Å²) in [5.41, 5.74) is 1.65. The number of sulfonamides is 1. The van der Waals surface area contributed by atoms with Crippen LogP contribution in [0, 0.1) is 6.92 Å². The van der Waals surface area contributed by atoms with Gasteiger partial charge in [-0.05, 0) is 74.0 Å². The summed E-state index contributed by atoms with van der Waals surface area (Å²) in [5.74, 6) is 0.882. The van der Waals surface area contributed by atoms with Gasteiger partial charge in [0, 0.05) is 11.4 Å². The van der Waals surface area contributed by atoms with Gasteiger partial charge in [0.25, 0.3) is 15.9 Å². The molecule has 2 N–H and O–H groups in total. The molecule has 0 heterocycles. The van der Waals surface area contributed by atoms with Crippen LogP contribution in [0.2, 0.25) is 0 Å². The van der Waals surface area contributed by atoms with Crippen LogP contribution < -0.4 is 24.2 Å². The zero-order chi connectivity index (χ0) is 24.0. The van der Waals surface area contributed by atoms with E-state index >= 15 is 0 Å². The van der Waals surface area contributed by atoms with Crippen LogP contribution in [0.25, 0.3) is 0 Å². The molecule has 3 rings (SSSR count). The maximum absolute atomic E-state index is 13.0. The van der Waals surface area contributed by atoms with Gasteiger partial charge < -0.3 is 19.5 Å². The maximum Gasteiger partial charge on any atom is 0.265 e. The molecule has 0 saturated heterocycles. The first-order valence-electron chi connectivity index (χ1n) is 10.1. The van der Waals surface area contributed by atoms with Crippen LogP contribution in [-0.4, -0.2) is 34.6 Å². The van der Waals surface area contributed by atoms with Crippen LogP contribution in [0.15, 0.2) is 71.6 Å². The van der Waals surface area contributed by atoms with Gasteiger partial charge in [0.2, 0.25) is 0 Å². The maximum atomic E-state index is 13.0. The standard InChI is InChI=1S/C24H26N2O6S/c1-16-6-5-7-21(14-16)32-17(2)24(27)25-19-10-13-22(31-4)23(15-19)33(28,29)26-18-8-11-20(30-3)12-9-18/h5-15,17,26H,1-4H3,(H,25,27). The summed E-state index contributed by atoms with van der Waals surface area (Å²) < 4.78 is 44.5. The number of amides is 1. The lowest BCUT2D eigenvalue weighted by Gasteiger charge is -2.17. The molecule has 33 heavy (non-hydrogen) atoms. The van der Waals surface area contributed by atoms with Crippen molar-refractivity contribution in [3.05, 3.63) is 72.3 Å². The van der Waals surface area contributed by atoms with Crippen molar-refractivity contribution in [3.63, 3.8) is 0 Å². The summed E-state index contributed by atoms with van der Waals surface area (Å²) in [6.07, 6.45) is -0.800. The number of rotatable bonds is 9. The third kappa shape index (κ3) is 6.17. The number of carbonyl (C=O) groups is 1. The Labute approximate surface area is 193 Å². The number of hydrogen-bond acceptors (Lipinski definition) is 6. The number of benzene rings is 3. The first-order chi connectivity index (χ1) is 15.7. The molecule has 0 aliphatic rings. The van der Waals surface area contributed by atoms with Gasteiger partial charge in [-0.1, -0.05) is 12.1 Å². The Bertz CT molecular complexity index is 1230. The second kappa shape index (κ2) is 10.3. The van der Waals surface area contributed by atoms with E-state index in [1.165, 1.54) is 26.4 Å². The average Bonchev–Trinajstić information content (AvgIpc) is 2.79. The van der Waals surface area contributed by atoms with Gasteiger partial charge in [-0.2, -0.15) is 0 Å². The molecule has 9 heteroatoms. The highest BCUT2D eigenvalue weighted by atomic mass is 32.2. The second-order valence-corrected chi connectivity index (χ2v) is 8.92. The van der Waals surface area contributed by atoms with E-state index in [1.807, 2.05) is 25.1 Å². The molecule has 0 aromatic heterocycles. The van der Waals surface area contributed by atoms with E-state index in [2.05, 4.69) is 10.0 Å². The molecule has 1 amide bonds. The van der Waals surface area contributed by atoms with Crippen molar-refractivity contribution >= 4 is 27.3 Å². The lowest BCUT2D eigenvalue weighted by Crippen LogP contribution is -2.30. The highest BCUT2D eigenvalue weighted by Crippen LogP contribution is 2.29. The fraction of sp³-hybridized carbons (Fsp3) is 0.208. The van der Waals surface area contributed by atoms with Crippen molar-refractivity contribution in [2.75, 3.05) is 24.3 Å². The summed E-state index contributed by atoms with van der Waals surface area (Å²) in [6.45, 7) is 3.54. The van der Waals surface area contributed by atoms with Crippen molar-refractivity contribution < 1.29 is 27.4 Å². The molecule has 0 bridgehead atoms. The first kappa shape index (κ1) is 23.9. The average molecular weight is 471 g/mol. The number of aryl methyl sites for hydroxylation is 1. The molecule has 0 spiro atoms. The number of anilines is 2. The molecule has 0 radical (unpaired) electrons. The summed E-state index contributed by atoms with van der Waals surface area (Å²) >= 11 is 0. The molecule has 3 aromatic carbocycles. The molecular weight excluding hydrogens is 444 g/mol. The fourth-order valence-corrected chi connectivity index (χ4v) is 4.28. The molecule has 0 fully saturated rings. The largest absolute Gasteiger partial charge is 0.497 e. The second-order valence-electron chi connectivity index (χ2n) is 7.27. The Morgan fingerprint density at radius 2 is 1.58 bits per heavy atom. The van der Waals surface area contributed by atoms with E-state index in [0.29, 0.717) is 17.2 Å². The normalized spacial score (nSPS) is 11.9. The van der Waals surface area contributed by atoms with Crippen molar-refractivity contribution in [2.45, 2.75) is 24.8 Å². The van der Waals surface area contributed by atoms with Crippen molar-refractivity contribution in [1.29, 1.82) is 0 Å². The zero-order valence-electron chi connectivity index (χ0n) is 18.8. The third-order valence-electron chi connectivity index (χ3n) is 4.73. The lowest BCUT2D eigenvalue weighted by molar-refractivity contribution is -0.122. The molecular formula is C24H26N2O6S. The Balaban J connectivity index is 1.78. The number of nitrogens with one attached hydrogen (secondary N) is 2. The molecule has 1 unspecified atom stereocenters. The van der Waals surface area contributed by atoms with Gasteiger partial charge in [-0.3, -0.25) is 9.52 Å². The Morgan fingerprint density at radius 3 is 2.21 bits per heavy atom. The minimum absolute atomic E-state index is 0.120. The van der Waals surface area contributed by atoms with Crippen molar-refractivity contribution in [1.82, 2.24) is 0 Å².